The Kier molecular flexibility index (Phi) is 5.01. The fourth-order valence-corrected chi connectivity index (χ4v) is 2.93. The number of anilines is 1. The van der Waals surface area contributed by atoms with Crippen LogP contribution in [0.25, 0.3) is 11.5 Å². The Morgan fingerprint density at radius 2 is 2.14 bits per heavy atom. The molecule has 0 aliphatic heterocycles. The van der Waals surface area contributed by atoms with Crippen LogP contribution < -0.4 is 10.6 Å². The van der Waals surface area contributed by atoms with Crippen molar-refractivity contribution in [1.82, 2.24) is 29.2 Å². The molecule has 0 saturated carbocycles. The molecular weight excluding hydrogens is 354 g/mol. The number of aromatic nitrogens is 5. The van der Waals surface area contributed by atoms with Crippen molar-refractivity contribution < 1.29 is 4.79 Å². The van der Waals surface area contributed by atoms with Gasteiger partial charge in [0, 0.05) is 31.3 Å². The van der Waals surface area contributed by atoms with Crippen molar-refractivity contribution in [3.63, 3.8) is 0 Å². The molecule has 4 rings (SSSR count). The standard InChI is InChI=1S/C20H21N7O/c1-2-8-22-19(28)17-13-26(14-24-17)20-25-16(18-7-3-4-10-27(18)20)12-23-15-6-5-9-21-11-15/h3-7,9-11,13-14,23H,2,8,12H2,1H3,(H,22,28). The van der Waals surface area contributed by atoms with Gasteiger partial charge in [-0.05, 0) is 30.7 Å². The summed E-state index contributed by atoms with van der Waals surface area (Å²) in [5.74, 6) is 0.501. The van der Waals surface area contributed by atoms with E-state index in [0.29, 0.717) is 24.7 Å². The predicted molar refractivity (Wildman–Crippen MR) is 107 cm³/mol. The summed E-state index contributed by atoms with van der Waals surface area (Å²) in [4.78, 5) is 25.3. The van der Waals surface area contributed by atoms with Crippen LogP contribution >= 0.6 is 0 Å². The Morgan fingerprint density at radius 3 is 2.96 bits per heavy atom. The number of amides is 1. The first kappa shape index (κ1) is 17.7. The molecule has 2 N–H and O–H groups in total. The number of pyridine rings is 2. The van der Waals surface area contributed by atoms with E-state index in [1.54, 1.807) is 29.5 Å². The van der Waals surface area contributed by atoms with E-state index >= 15 is 0 Å². The third-order valence-electron chi connectivity index (χ3n) is 4.31. The molecule has 0 bridgehead atoms. The van der Waals surface area contributed by atoms with Crippen LogP contribution in [0.4, 0.5) is 5.69 Å². The number of carbonyl (C=O) groups excluding carboxylic acids is 1. The van der Waals surface area contributed by atoms with Gasteiger partial charge in [0.15, 0.2) is 0 Å². The van der Waals surface area contributed by atoms with Crippen LogP contribution in [0, 0.1) is 0 Å². The van der Waals surface area contributed by atoms with Gasteiger partial charge in [-0.15, -0.1) is 0 Å². The summed E-state index contributed by atoms with van der Waals surface area (Å²) in [5.41, 5.74) is 3.18. The number of nitrogens with one attached hydrogen (secondary N) is 2. The van der Waals surface area contributed by atoms with Gasteiger partial charge in [-0.1, -0.05) is 13.0 Å². The molecule has 0 saturated heterocycles. The zero-order chi connectivity index (χ0) is 19.3. The van der Waals surface area contributed by atoms with Crippen molar-refractivity contribution in [3.05, 3.63) is 72.8 Å². The van der Waals surface area contributed by atoms with Crippen LogP contribution in [-0.2, 0) is 6.54 Å². The fourth-order valence-electron chi connectivity index (χ4n) is 2.93. The molecule has 4 aromatic heterocycles. The predicted octanol–water partition coefficient (Wildman–Crippen LogP) is 2.67. The summed E-state index contributed by atoms with van der Waals surface area (Å²) in [6, 6.07) is 9.79. The quantitative estimate of drug-likeness (QED) is 0.518. The van der Waals surface area contributed by atoms with Crippen molar-refractivity contribution >= 4 is 17.1 Å². The van der Waals surface area contributed by atoms with Gasteiger partial charge in [0.2, 0.25) is 5.95 Å². The molecule has 0 spiro atoms. The summed E-state index contributed by atoms with van der Waals surface area (Å²) in [7, 11) is 0. The van der Waals surface area contributed by atoms with Gasteiger partial charge in [-0.2, -0.15) is 0 Å². The normalized spacial score (nSPS) is 10.9. The molecule has 1 amide bonds. The first-order valence-corrected chi connectivity index (χ1v) is 9.18. The van der Waals surface area contributed by atoms with E-state index in [4.69, 9.17) is 4.98 Å². The summed E-state index contributed by atoms with van der Waals surface area (Å²) >= 11 is 0. The molecule has 8 heteroatoms. The molecule has 0 aromatic carbocycles. The highest BCUT2D eigenvalue weighted by atomic mass is 16.1. The van der Waals surface area contributed by atoms with Crippen LogP contribution in [0.1, 0.15) is 29.5 Å². The van der Waals surface area contributed by atoms with Gasteiger partial charge in [0.1, 0.15) is 12.0 Å². The van der Waals surface area contributed by atoms with Crippen LogP contribution in [0.2, 0.25) is 0 Å². The molecule has 0 fully saturated rings. The third-order valence-corrected chi connectivity index (χ3v) is 4.31. The number of hydrogen-bond donors (Lipinski definition) is 2. The van der Waals surface area contributed by atoms with E-state index in [9.17, 15) is 4.79 Å². The van der Waals surface area contributed by atoms with Crippen molar-refractivity contribution in [2.75, 3.05) is 11.9 Å². The molecule has 28 heavy (non-hydrogen) atoms. The second kappa shape index (κ2) is 7.91. The lowest BCUT2D eigenvalue weighted by Crippen LogP contribution is -2.24. The number of carbonyl (C=O) groups is 1. The largest absolute Gasteiger partial charge is 0.378 e. The number of hydrogen-bond acceptors (Lipinski definition) is 5. The van der Waals surface area contributed by atoms with Gasteiger partial charge in [0.05, 0.1) is 23.4 Å². The van der Waals surface area contributed by atoms with Gasteiger partial charge in [-0.25, -0.2) is 9.97 Å². The van der Waals surface area contributed by atoms with E-state index < -0.39 is 0 Å². The highest BCUT2D eigenvalue weighted by Crippen LogP contribution is 2.18. The molecule has 0 radical (unpaired) electrons. The minimum Gasteiger partial charge on any atom is -0.378 e. The Bertz CT molecular complexity index is 1080. The van der Waals surface area contributed by atoms with Crippen molar-refractivity contribution in [1.29, 1.82) is 0 Å². The SMILES string of the molecule is CCCNC(=O)c1cn(-c2nc(CNc3cccnc3)c3ccccn23)cn1. The molecule has 0 aliphatic rings. The van der Waals surface area contributed by atoms with Gasteiger partial charge in [-0.3, -0.25) is 18.7 Å². The minimum absolute atomic E-state index is 0.181. The molecule has 0 atom stereocenters. The Hall–Kier alpha value is -3.68. The van der Waals surface area contributed by atoms with Crippen molar-refractivity contribution in [2.45, 2.75) is 19.9 Å². The Morgan fingerprint density at radius 1 is 1.21 bits per heavy atom. The van der Waals surface area contributed by atoms with Crippen LogP contribution in [0.3, 0.4) is 0 Å². The van der Waals surface area contributed by atoms with E-state index in [2.05, 4.69) is 20.6 Å². The Labute approximate surface area is 162 Å². The second-order valence-corrected chi connectivity index (χ2v) is 6.33. The highest BCUT2D eigenvalue weighted by Gasteiger charge is 2.15. The van der Waals surface area contributed by atoms with E-state index in [-0.39, 0.29) is 5.91 Å². The number of nitrogens with zero attached hydrogens (tertiary/aromatic N) is 5. The average molecular weight is 375 g/mol. The summed E-state index contributed by atoms with van der Waals surface area (Å²) in [6.07, 6.45) is 9.65. The molecule has 8 nitrogen and oxygen atoms in total. The monoisotopic (exact) mass is 375 g/mol. The zero-order valence-corrected chi connectivity index (χ0v) is 15.5. The molecule has 0 unspecified atom stereocenters. The third kappa shape index (κ3) is 3.57. The van der Waals surface area contributed by atoms with Crippen molar-refractivity contribution in [2.24, 2.45) is 0 Å². The lowest BCUT2D eigenvalue weighted by molar-refractivity contribution is 0.0949. The molecular formula is C20H21N7O. The van der Waals surface area contributed by atoms with Crippen molar-refractivity contribution in [3.8, 4) is 5.95 Å². The maximum Gasteiger partial charge on any atom is 0.271 e. The number of fused-ring (bicyclic) bond motifs is 1. The average Bonchev–Trinajstić information content (AvgIpc) is 3.36. The number of rotatable bonds is 7. The van der Waals surface area contributed by atoms with Crippen LogP contribution in [0.15, 0.2) is 61.4 Å². The summed E-state index contributed by atoms with van der Waals surface area (Å²) < 4.78 is 3.75. The fraction of sp³-hybridized carbons (Fsp3) is 0.200. The van der Waals surface area contributed by atoms with Gasteiger partial charge < -0.3 is 10.6 Å². The van der Waals surface area contributed by atoms with Crippen LogP contribution in [0.5, 0.6) is 0 Å². The lowest BCUT2D eigenvalue weighted by Gasteiger charge is -2.03. The topological polar surface area (TPSA) is 89.1 Å². The summed E-state index contributed by atoms with van der Waals surface area (Å²) in [6.45, 7) is 3.19. The first-order chi connectivity index (χ1) is 13.8. The van der Waals surface area contributed by atoms with Crippen LogP contribution in [-0.4, -0.2) is 36.4 Å². The zero-order valence-electron chi connectivity index (χ0n) is 15.5. The smallest absolute Gasteiger partial charge is 0.271 e. The molecule has 0 aliphatic carbocycles. The molecule has 142 valence electrons. The number of imidazole rings is 2. The maximum atomic E-state index is 12.1. The van der Waals surface area contributed by atoms with E-state index in [0.717, 1.165) is 23.3 Å². The first-order valence-electron chi connectivity index (χ1n) is 9.18. The minimum atomic E-state index is -0.181. The van der Waals surface area contributed by atoms with E-state index in [1.807, 2.05) is 47.9 Å². The molecule has 4 heterocycles. The molecule has 4 aromatic rings. The van der Waals surface area contributed by atoms with Gasteiger partial charge >= 0.3 is 0 Å². The second-order valence-electron chi connectivity index (χ2n) is 6.33. The summed E-state index contributed by atoms with van der Waals surface area (Å²) in [5, 5.41) is 6.17. The lowest BCUT2D eigenvalue weighted by atomic mass is 10.3. The van der Waals surface area contributed by atoms with Gasteiger partial charge in [0.25, 0.3) is 5.91 Å². The maximum absolute atomic E-state index is 12.1. The Balaban J connectivity index is 1.63. The highest BCUT2D eigenvalue weighted by molar-refractivity contribution is 5.92. The van der Waals surface area contributed by atoms with E-state index in [1.165, 1.54) is 0 Å².